The van der Waals surface area contributed by atoms with Gasteiger partial charge in [0.2, 0.25) is 0 Å². The molecule has 3 nitrogen and oxygen atoms in total. The van der Waals surface area contributed by atoms with Gasteiger partial charge in [0.05, 0.1) is 8.67 Å². The van der Waals surface area contributed by atoms with Crippen LogP contribution in [0.2, 0.25) is 8.67 Å². The number of nitrogens with one attached hydrogen (secondary N) is 2. The SMILES string of the molecule is O=C(NCCc1ccc(Cl)s1)NCCc1ccc(Cl)s1. The highest BCUT2D eigenvalue weighted by atomic mass is 35.5. The Morgan fingerprint density at radius 3 is 1.70 bits per heavy atom. The van der Waals surface area contributed by atoms with Gasteiger partial charge in [0.25, 0.3) is 0 Å². The Morgan fingerprint density at radius 2 is 1.35 bits per heavy atom. The summed E-state index contributed by atoms with van der Waals surface area (Å²) in [6.45, 7) is 1.21. The van der Waals surface area contributed by atoms with Crippen molar-refractivity contribution in [3.63, 3.8) is 0 Å². The molecular weight excluding hydrogens is 335 g/mol. The first kappa shape index (κ1) is 15.6. The average molecular weight is 349 g/mol. The molecule has 0 unspecified atom stereocenters. The fourth-order valence-electron chi connectivity index (χ4n) is 1.63. The van der Waals surface area contributed by atoms with E-state index < -0.39 is 0 Å². The highest BCUT2D eigenvalue weighted by molar-refractivity contribution is 7.16. The predicted octanol–water partition coefficient (Wildman–Crippen LogP) is 4.20. The van der Waals surface area contributed by atoms with Gasteiger partial charge in [0.1, 0.15) is 0 Å². The molecule has 0 aromatic carbocycles. The maximum Gasteiger partial charge on any atom is 0.314 e. The lowest BCUT2D eigenvalue weighted by Gasteiger charge is -2.06. The summed E-state index contributed by atoms with van der Waals surface area (Å²) in [6, 6.07) is 7.55. The van der Waals surface area contributed by atoms with Gasteiger partial charge in [-0.1, -0.05) is 23.2 Å². The second-order valence-electron chi connectivity index (χ2n) is 4.09. The molecule has 2 heterocycles. The Kier molecular flexibility index (Phi) is 6.16. The Hall–Kier alpha value is -0.750. The minimum Gasteiger partial charge on any atom is -0.338 e. The van der Waals surface area contributed by atoms with Gasteiger partial charge in [0.15, 0.2) is 0 Å². The average Bonchev–Trinajstić information content (AvgIpc) is 2.99. The molecule has 0 radical (unpaired) electrons. The molecule has 0 fully saturated rings. The van der Waals surface area contributed by atoms with Crippen molar-refractivity contribution in [2.24, 2.45) is 0 Å². The van der Waals surface area contributed by atoms with Crippen LogP contribution in [0.15, 0.2) is 24.3 Å². The summed E-state index contributed by atoms with van der Waals surface area (Å²) in [7, 11) is 0. The molecule has 0 saturated heterocycles. The number of thiophene rings is 2. The molecular formula is C13H14Cl2N2OS2. The van der Waals surface area contributed by atoms with Crippen LogP contribution in [0.3, 0.4) is 0 Å². The predicted molar refractivity (Wildman–Crippen MR) is 87.5 cm³/mol. The molecule has 2 rings (SSSR count). The number of rotatable bonds is 6. The second-order valence-corrected chi connectivity index (χ2v) is 7.69. The van der Waals surface area contributed by atoms with Crippen LogP contribution in [0.4, 0.5) is 4.79 Å². The van der Waals surface area contributed by atoms with Crippen LogP contribution in [0.5, 0.6) is 0 Å². The summed E-state index contributed by atoms with van der Waals surface area (Å²) < 4.78 is 1.55. The van der Waals surface area contributed by atoms with Crippen molar-refractivity contribution in [1.82, 2.24) is 10.6 Å². The first-order valence-corrected chi connectivity index (χ1v) is 8.52. The van der Waals surface area contributed by atoms with Crippen molar-refractivity contribution >= 4 is 51.9 Å². The van der Waals surface area contributed by atoms with Gasteiger partial charge in [0, 0.05) is 22.8 Å². The maximum absolute atomic E-state index is 11.6. The van der Waals surface area contributed by atoms with Gasteiger partial charge in [-0.05, 0) is 37.1 Å². The van der Waals surface area contributed by atoms with E-state index in [2.05, 4.69) is 10.6 Å². The minimum absolute atomic E-state index is 0.143. The molecule has 2 amide bonds. The largest absolute Gasteiger partial charge is 0.338 e. The first-order valence-electron chi connectivity index (χ1n) is 6.13. The van der Waals surface area contributed by atoms with E-state index in [1.165, 1.54) is 32.4 Å². The highest BCUT2D eigenvalue weighted by Crippen LogP contribution is 2.22. The van der Waals surface area contributed by atoms with Gasteiger partial charge >= 0.3 is 6.03 Å². The Bertz CT molecular complexity index is 520. The number of hydrogen-bond acceptors (Lipinski definition) is 3. The smallest absolute Gasteiger partial charge is 0.314 e. The molecule has 0 aliphatic rings. The molecule has 0 bridgehead atoms. The summed E-state index contributed by atoms with van der Waals surface area (Å²) in [5.74, 6) is 0. The summed E-state index contributed by atoms with van der Waals surface area (Å²) in [5.41, 5.74) is 0. The normalized spacial score (nSPS) is 10.5. The van der Waals surface area contributed by atoms with Crippen molar-refractivity contribution in [1.29, 1.82) is 0 Å². The van der Waals surface area contributed by atoms with Crippen LogP contribution in [0.25, 0.3) is 0 Å². The third kappa shape index (κ3) is 5.32. The fraction of sp³-hybridized carbons (Fsp3) is 0.308. The molecule has 0 atom stereocenters. The number of urea groups is 1. The number of hydrogen-bond donors (Lipinski definition) is 2. The van der Waals surface area contributed by atoms with E-state index in [-0.39, 0.29) is 6.03 Å². The summed E-state index contributed by atoms with van der Waals surface area (Å²) in [4.78, 5) is 13.9. The number of carbonyl (C=O) groups excluding carboxylic acids is 1. The lowest BCUT2D eigenvalue weighted by molar-refractivity contribution is 0.241. The van der Waals surface area contributed by atoms with Crippen LogP contribution in [0, 0.1) is 0 Å². The molecule has 2 N–H and O–H groups in total. The van der Waals surface area contributed by atoms with Crippen molar-refractivity contribution in [3.8, 4) is 0 Å². The monoisotopic (exact) mass is 348 g/mol. The number of halogens is 2. The zero-order valence-electron chi connectivity index (χ0n) is 10.6. The summed E-state index contributed by atoms with van der Waals surface area (Å²) >= 11 is 14.8. The van der Waals surface area contributed by atoms with Gasteiger partial charge in [-0.2, -0.15) is 0 Å². The van der Waals surface area contributed by atoms with Crippen LogP contribution in [-0.4, -0.2) is 19.1 Å². The van der Waals surface area contributed by atoms with Gasteiger partial charge in [-0.25, -0.2) is 4.79 Å². The second kappa shape index (κ2) is 7.88. The zero-order valence-corrected chi connectivity index (χ0v) is 13.8. The zero-order chi connectivity index (χ0) is 14.4. The van der Waals surface area contributed by atoms with Crippen LogP contribution in [0.1, 0.15) is 9.75 Å². The molecule has 0 aliphatic carbocycles. The Labute approximate surface area is 135 Å². The van der Waals surface area contributed by atoms with E-state index in [9.17, 15) is 4.79 Å². The quantitative estimate of drug-likeness (QED) is 0.806. The highest BCUT2D eigenvalue weighted by Gasteiger charge is 2.02. The summed E-state index contributed by atoms with van der Waals surface area (Å²) in [5, 5.41) is 5.65. The molecule has 0 saturated carbocycles. The van der Waals surface area contributed by atoms with Crippen molar-refractivity contribution in [3.05, 3.63) is 42.7 Å². The third-order valence-corrected chi connectivity index (χ3v) is 5.15. The Balaban J connectivity index is 1.58. The third-order valence-electron chi connectivity index (χ3n) is 2.57. The number of carbonyl (C=O) groups is 1. The topological polar surface area (TPSA) is 41.1 Å². The summed E-state index contributed by atoms with van der Waals surface area (Å²) in [6.07, 6.45) is 1.59. The van der Waals surface area contributed by atoms with Gasteiger partial charge < -0.3 is 10.6 Å². The molecule has 2 aromatic rings. The van der Waals surface area contributed by atoms with Crippen molar-refractivity contribution < 1.29 is 4.79 Å². The van der Waals surface area contributed by atoms with E-state index in [0.717, 1.165) is 21.5 Å². The van der Waals surface area contributed by atoms with Crippen molar-refractivity contribution in [2.45, 2.75) is 12.8 Å². The van der Waals surface area contributed by atoms with E-state index in [1.807, 2.05) is 24.3 Å². The van der Waals surface area contributed by atoms with Crippen LogP contribution >= 0.6 is 45.9 Å². The molecule has 2 aromatic heterocycles. The van der Waals surface area contributed by atoms with E-state index in [0.29, 0.717) is 13.1 Å². The van der Waals surface area contributed by atoms with E-state index >= 15 is 0 Å². The van der Waals surface area contributed by atoms with Crippen molar-refractivity contribution in [2.75, 3.05) is 13.1 Å². The van der Waals surface area contributed by atoms with Gasteiger partial charge in [-0.15, -0.1) is 22.7 Å². The Morgan fingerprint density at radius 1 is 0.900 bits per heavy atom. The molecule has 108 valence electrons. The number of amides is 2. The van der Waals surface area contributed by atoms with Crippen LogP contribution < -0.4 is 10.6 Å². The lowest BCUT2D eigenvalue weighted by atomic mass is 10.3. The lowest BCUT2D eigenvalue weighted by Crippen LogP contribution is -2.37. The fourth-order valence-corrected chi connectivity index (χ4v) is 3.81. The standard InChI is InChI=1S/C13H14Cl2N2OS2/c14-11-3-1-9(19-11)5-7-16-13(18)17-8-6-10-2-4-12(15)20-10/h1-4H,5-8H2,(H2,16,17,18). The molecule has 0 spiro atoms. The first-order chi connectivity index (χ1) is 9.63. The molecule has 20 heavy (non-hydrogen) atoms. The van der Waals surface area contributed by atoms with E-state index in [4.69, 9.17) is 23.2 Å². The van der Waals surface area contributed by atoms with Crippen LogP contribution in [-0.2, 0) is 12.8 Å². The maximum atomic E-state index is 11.6. The van der Waals surface area contributed by atoms with E-state index in [1.54, 1.807) is 0 Å². The molecule has 7 heteroatoms. The molecule has 0 aliphatic heterocycles. The minimum atomic E-state index is -0.143. The van der Waals surface area contributed by atoms with Gasteiger partial charge in [-0.3, -0.25) is 0 Å².